The second kappa shape index (κ2) is 7.56. The van der Waals surface area contributed by atoms with E-state index in [9.17, 15) is 0 Å². The topological polar surface area (TPSA) is 6.48 Å². The Morgan fingerprint density at radius 3 is 1.00 bits per heavy atom. The molecule has 0 N–H and O–H groups in total. The number of hydrogen-bond acceptors (Lipinski definition) is 2. The summed E-state index contributed by atoms with van der Waals surface area (Å²) in [6, 6.07) is 35.4. The Labute approximate surface area is 191 Å². The van der Waals surface area contributed by atoms with Gasteiger partial charge in [-0.15, -0.1) is 0 Å². The molecule has 2 heterocycles. The molecule has 0 amide bonds. The maximum atomic E-state index is 2.54. The zero-order chi connectivity index (χ0) is 21.0. The van der Waals surface area contributed by atoms with E-state index < -0.39 is 0 Å². The van der Waals surface area contributed by atoms with E-state index in [0.29, 0.717) is 0 Å². The monoisotopic (exact) mass is 418 g/mol. The van der Waals surface area contributed by atoms with E-state index in [1.807, 2.05) is 0 Å². The van der Waals surface area contributed by atoms with Crippen molar-refractivity contribution < 1.29 is 0 Å². The van der Waals surface area contributed by atoms with Crippen molar-refractivity contribution in [1.29, 1.82) is 0 Å². The SMILES string of the molecule is C.CC(C)(N1c2ccccc2Cc2ccccc21)N1c2ccccc2Cc2ccccc21. The standard InChI is InChI=1S/C29H26N2.CH4/c1-29(2,30-25-15-7-3-11-21(25)19-22-12-4-8-16-26(22)30)31-27-17-9-5-13-23(27)20-24-14-6-10-18-28(24)31;/h3-18H,19-20H2,1-2H3;1H4. The molecule has 0 aliphatic carbocycles. The Kier molecular flexibility index (Phi) is 4.82. The molecule has 2 nitrogen and oxygen atoms in total. The maximum Gasteiger partial charge on any atom is 0.116 e. The normalized spacial score (nSPS) is 13.9. The number of para-hydroxylation sites is 4. The third-order valence-corrected chi connectivity index (χ3v) is 6.79. The van der Waals surface area contributed by atoms with Crippen LogP contribution in [-0.4, -0.2) is 5.66 Å². The summed E-state index contributed by atoms with van der Waals surface area (Å²) in [4.78, 5) is 5.08. The lowest BCUT2D eigenvalue weighted by molar-refractivity contribution is 0.505. The minimum absolute atomic E-state index is 0. The molecule has 4 aromatic carbocycles. The van der Waals surface area contributed by atoms with Crippen molar-refractivity contribution in [2.45, 2.75) is 39.8 Å². The molecule has 0 atom stereocenters. The number of benzene rings is 4. The lowest BCUT2D eigenvalue weighted by atomic mass is 9.89. The summed E-state index contributed by atoms with van der Waals surface area (Å²) in [5.74, 6) is 0. The summed E-state index contributed by atoms with van der Waals surface area (Å²) in [6.07, 6.45) is 1.96. The minimum Gasteiger partial charge on any atom is -0.318 e. The number of nitrogens with zero attached hydrogens (tertiary/aromatic N) is 2. The van der Waals surface area contributed by atoms with Gasteiger partial charge in [0, 0.05) is 35.6 Å². The van der Waals surface area contributed by atoms with Gasteiger partial charge >= 0.3 is 0 Å². The van der Waals surface area contributed by atoms with Gasteiger partial charge in [0.2, 0.25) is 0 Å². The van der Waals surface area contributed by atoms with Crippen LogP contribution < -0.4 is 9.80 Å². The fourth-order valence-electron chi connectivity index (χ4n) is 5.46. The van der Waals surface area contributed by atoms with Gasteiger partial charge in [0.15, 0.2) is 0 Å². The lowest BCUT2D eigenvalue weighted by Gasteiger charge is -2.53. The van der Waals surface area contributed by atoms with Crippen LogP contribution in [0.4, 0.5) is 22.7 Å². The van der Waals surface area contributed by atoms with Gasteiger partial charge in [0.1, 0.15) is 5.66 Å². The van der Waals surface area contributed by atoms with E-state index in [1.165, 1.54) is 45.0 Å². The molecule has 4 aromatic rings. The van der Waals surface area contributed by atoms with Crippen molar-refractivity contribution in [3.63, 3.8) is 0 Å². The van der Waals surface area contributed by atoms with Gasteiger partial charge in [-0.3, -0.25) is 0 Å². The highest BCUT2D eigenvalue weighted by atomic mass is 15.4. The van der Waals surface area contributed by atoms with Gasteiger partial charge < -0.3 is 9.80 Å². The Morgan fingerprint density at radius 1 is 0.469 bits per heavy atom. The second-order valence-corrected chi connectivity index (χ2v) is 9.03. The fraction of sp³-hybridized carbons (Fsp3) is 0.200. The third-order valence-electron chi connectivity index (χ3n) is 6.79. The van der Waals surface area contributed by atoms with Crippen LogP contribution in [0.25, 0.3) is 0 Å². The van der Waals surface area contributed by atoms with Crippen LogP contribution in [0, 0.1) is 0 Å². The highest BCUT2D eigenvalue weighted by Crippen LogP contribution is 2.49. The summed E-state index contributed by atoms with van der Waals surface area (Å²) < 4.78 is 0. The molecule has 0 aromatic heterocycles. The Morgan fingerprint density at radius 2 is 0.719 bits per heavy atom. The van der Waals surface area contributed by atoms with Gasteiger partial charge in [-0.05, 0) is 60.4 Å². The smallest absolute Gasteiger partial charge is 0.116 e. The van der Waals surface area contributed by atoms with E-state index >= 15 is 0 Å². The van der Waals surface area contributed by atoms with Crippen molar-refractivity contribution in [3.05, 3.63) is 119 Å². The van der Waals surface area contributed by atoms with Gasteiger partial charge in [-0.25, -0.2) is 0 Å². The summed E-state index contributed by atoms with van der Waals surface area (Å²) in [7, 11) is 0. The molecule has 6 rings (SSSR count). The lowest BCUT2D eigenvalue weighted by Crippen LogP contribution is -2.55. The van der Waals surface area contributed by atoms with E-state index in [4.69, 9.17) is 0 Å². The van der Waals surface area contributed by atoms with Crippen LogP contribution in [0.3, 0.4) is 0 Å². The highest BCUT2D eigenvalue weighted by molar-refractivity contribution is 5.82. The first kappa shape index (κ1) is 20.4. The number of anilines is 4. The first-order chi connectivity index (χ1) is 15.1. The van der Waals surface area contributed by atoms with Crippen LogP contribution >= 0.6 is 0 Å². The molecule has 2 aliphatic rings. The summed E-state index contributed by atoms with van der Waals surface area (Å²) in [5.41, 5.74) is 10.4. The fourth-order valence-corrected chi connectivity index (χ4v) is 5.46. The quantitative estimate of drug-likeness (QED) is 0.327. The second-order valence-electron chi connectivity index (χ2n) is 9.03. The summed E-state index contributed by atoms with van der Waals surface area (Å²) >= 11 is 0. The number of fused-ring (bicyclic) bond motifs is 4. The van der Waals surface area contributed by atoms with Crippen LogP contribution in [0.1, 0.15) is 43.5 Å². The molecule has 0 bridgehead atoms. The molecule has 0 fully saturated rings. The molecule has 160 valence electrons. The highest BCUT2D eigenvalue weighted by Gasteiger charge is 2.41. The molecule has 0 saturated heterocycles. The zero-order valence-corrected chi connectivity index (χ0v) is 18.0. The maximum absolute atomic E-state index is 2.54. The molecule has 0 radical (unpaired) electrons. The molecule has 0 unspecified atom stereocenters. The minimum atomic E-state index is -0.320. The molecular weight excluding hydrogens is 388 g/mol. The van der Waals surface area contributed by atoms with Crippen LogP contribution in [0.2, 0.25) is 0 Å². The average Bonchev–Trinajstić information content (AvgIpc) is 2.80. The van der Waals surface area contributed by atoms with E-state index in [2.05, 4.69) is 121 Å². The summed E-state index contributed by atoms with van der Waals surface area (Å²) in [5, 5.41) is 0. The van der Waals surface area contributed by atoms with Gasteiger partial charge in [-0.1, -0.05) is 80.2 Å². The van der Waals surface area contributed by atoms with E-state index in [1.54, 1.807) is 0 Å². The molecule has 0 spiro atoms. The predicted molar refractivity (Wildman–Crippen MR) is 136 cm³/mol. The largest absolute Gasteiger partial charge is 0.318 e. The Hall–Kier alpha value is -3.52. The number of hydrogen-bond donors (Lipinski definition) is 0. The average molecular weight is 419 g/mol. The van der Waals surface area contributed by atoms with Crippen molar-refractivity contribution in [2.24, 2.45) is 0 Å². The number of rotatable bonds is 2. The van der Waals surface area contributed by atoms with Crippen molar-refractivity contribution in [2.75, 3.05) is 9.80 Å². The Balaban J connectivity index is 0.00000216. The summed E-state index contributed by atoms with van der Waals surface area (Å²) in [6.45, 7) is 4.70. The predicted octanol–water partition coefficient (Wildman–Crippen LogP) is 7.84. The van der Waals surface area contributed by atoms with E-state index in [-0.39, 0.29) is 13.1 Å². The molecule has 0 saturated carbocycles. The van der Waals surface area contributed by atoms with Crippen LogP contribution in [-0.2, 0) is 12.8 Å². The van der Waals surface area contributed by atoms with Gasteiger partial charge in [0.25, 0.3) is 0 Å². The first-order valence-corrected chi connectivity index (χ1v) is 11.1. The zero-order valence-electron chi connectivity index (χ0n) is 18.0. The van der Waals surface area contributed by atoms with Crippen molar-refractivity contribution in [1.82, 2.24) is 0 Å². The van der Waals surface area contributed by atoms with Crippen LogP contribution in [0.15, 0.2) is 97.1 Å². The molecule has 2 aliphatic heterocycles. The van der Waals surface area contributed by atoms with Gasteiger partial charge in [0.05, 0.1) is 0 Å². The van der Waals surface area contributed by atoms with E-state index in [0.717, 1.165) is 12.8 Å². The first-order valence-electron chi connectivity index (χ1n) is 11.1. The van der Waals surface area contributed by atoms with Gasteiger partial charge in [-0.2, -0.15) is 0 Å². The Bertz CT molecular complexity index is 1100. The molecular formula is C30H30N2. The molecule has 2 heteroatoms. The third kappa shape index (κ3) is 2.94. The van der Waals surface area contributed by atoms with Crippen molar-refractivity contribution >= 4 is 22.7 Å². The van der Waals surface area contributed by atoms with Crippen molar-refractivity contribution in [3.8, 4) is 0 Å². The van der Waals surface area contributed by atoms with Crippen LogP contribution in [0.5, 0.6) is 0 Å². The molecule has 32 heavy (non-hydrogen) atoms.